The zero-order valence-electron chi connectivity index (χ0n) is 7.31. The fraction of sp³-hybridized carbons (Fsp3) is 0.444. The summed E-state index contributed by atoms with van der Waals surface area (Å²) in [5.41, 5.74) is 4.87. The van der Waals surface area contributed by atoms with Crippen molar-refractivity contribution in [2.24, 2.45) is 10.5 Å². The minimum atomic E-state index is 0.115. The standard InChI is InChI=1S/C9H14N2/c1-7-5-6-8(11-10-7)9(2,3)4/h5-6,10H,1H2,2-4H3. The molecule has 0 aromatic carbocycles. The summed E-state index contributed by atoms with van der Waals surface area (Å²) >= 11 is 0. The molecule has 0 saturated heterocycles. The Kier molecular flexibility index (Phi) is 1.85. The lowest BCUT2D eigenvalue weighted by Gasteiger charge is -2.21. The van der Waals surface area contributed by atoms with E-state index in [1.54, 1.807) is 0 Å². The first-order valence-corrected chi connectivity index (χ1v) is 3.71. The van der Waals surface area contributed by atoms with Gasteiger partial charge in [-0.1, -0.05) is 27.4 Å². The second-order valence-corrected chi connectivity index (χ2v) is 3.72. The van der Waals surface area contributed by atoms with Crippen LogP contribution in [-0.2, 0) is 0 Å². The molecule has 0 amide bonds. The largest absolute Gasteiger partial charge is 0.279 e. The van der Waals surface area contributed by atoms with Crippen LogP contribution in [0, 0.1) is 5.41 Å². The molecule has 0 radical (unpaired) electrons. The van der Waals surface area contributed by atoms with Crippen molar-refractivity contribution < 1.29 is 0 Å². The van der Waals surface area contributed by atoms with Crippen LogP contribution in [0.15, 0.2) is 29.5 Å². The van der Waals surface area contributed by atoms with Crippen molar-refractivity contribution in [2.45, 2.75) is 20.8 Å². The van der Waals surface area contributed by atoms with Crippen LogP contribution in [0.3, 0.4) is 0 Å². The molecule has 0 atom stereocenters. The minimum absolute atomic E-state index is 0.115. The van der Waals surface area contributed by atoms with Crippen LogP contribution in [0.2, 0.25) is 0 Å². The number of nitrogens with one attached hydrogen (secondary N) is 1. The molecule has 1 heterocycles. The molecule has 2 nitrogen and oxygen atoms in total. The van der Waals surface area contributed by atoms with Crippen molar-refractivity contribution in [2.75, 3.05) is 0 Å². The number of rotatable bonds is 0. The lowest BCUT2D eigenvalue weighted by molar-refractivity contribution is 0.585. The predicted octanol–water partition coefficient (Wildman–Crippen LogP) is 2.06. The van der Waals surface area contributed by atoms with E-state index >= 15 is 0 Å². The summed E-state index contributed by atoms with van der Waals surface area (Å²) < 4.78 is 0. The number of hydrazone groups is 1. The van der Waals surface area contributed by atoms with Gasteiger partial charge >= 0.3 is 0 Å². The third kappa shape index (κ3) is 1.93. The molecule has 60 valence electrons. The van der Waals surface area contributed by atoms with E-state index in [2.05, 4.69) is 37.9 Å². The first kappa shape index (κ1) is 8.05. The predicted molar refractivity (Wildman–Crippen MR) is 48.3 cm³/mol. The Morgan fingerprint density at radius 2 is 2.00 bits per heavy atom. The average molecular weight is 150 g/mol. The summed E-state index contributed by atoms with van der Waals surface area (Å²) in [4.78, 5) is 0. The van der Waals surface area contributed by atoms with E-state index < -0.39 is 0 Å². The number of allylic oxidation sites excluding steroid dienone is 2. The van der Waals surface area contributed by atoms with E-state index in [9.17, 15) is 0 Å². The van der Waals surface area contributed by atoms with Crippen LogP contribution in [-0.4, -0.2) is 5.71 Å². The van der Waals surface area contributed by atoms with Crippen LogP contribution >= 0.6 is 0 Å². The Hall–Kier alpha value is -1.05. The van der Waals surface area contributed by atoms with Gasteiger partial charge in [-0.05, 0) is 12.2 Å². The van der Waals surface area contributed by atoms with Crippen LogP contribution in [0.4, 0.5) is 0 Å². The van der Waals surface area contributed by atoms with Gasteiger partial charge in [-0.2, -0.15) is 5.10 Å². The van der Waals surface area contributed by atoms with E-state index in [1.807, 2.05) is 12.2 Å². The highest BCUT2D eigenvalue weighted by Crippen LogP contribution is 2.18. The van der Waals surface area contributed by atoms with Crippen molar-refractivity contribution in [3.05, 3.63) is 24.4 Å². The Labute approximate surface area is 67.7 Å². The van der Waals surface area contributed by atoms with Gasteiger partial charge in [0.1, 0.15) is 0 Å². The minimum Gasteiger partial charge on any atom is -0.279 e. The summed E-state index contributed by atoms with van der Waals surface area (Å²) in [6.45, 7) is 10.1. The molecule has 0 bridgehead atoms. The highest BCUT2D eigenvalue weighted by molar-refractivity contribution is 5.99. The Balaban J connectivity index is 2.79. The van der Waals surface area contributed by atoms with Crippen molar-refractivity contribution in [1.82, 2.24) is 5.43 Å². The number of hydrogen-bond acceptors (Lipinski definition) is 2. The summed E-state index contributed by atoms with van der Waals surface area (Å²) in [5, 5.41) is 4.16. The third-order valence-corrected chi connectivity index (χ3v) is 1.53. The van der Waals surface area contributed by atoms with Crippen LogP contribution < -0.4 is 5.43 Å². The lowest BCUT2D eigenvalue weighted by atomic mass is 9.89. The zero-order chi connectivity index (χ0) is 8.48. The van der Waals surface area contributed by atoms with Gasteiger partial charge < -0.3 is 0 Å². The van der Waals surface area contributed by atoms with Crippen LogP contribution in [0.1, 0.15) is 20.8 Å². The average Bonchev–Trinajstić information content (AvgIpc) is 1.86. The molecule has 0 fully saturated rings. The van der Waals surface area contributed by atoms with E-state index in [0.29, 0.717) is 0 Å². The lowest BCUT2D eigenvalue weighted by Crippen LogP contribution is -2.23. The van der Waals surface area contributed by atoms with Crippen molar-refractivity contribution in [3.63, 3.8) is 0 Å². The first-order chi connectivity index (χ1) is 5.00. The Morgan fingerprint density at radius 1 is 1.36 bits per heavy atom. The molecular weight excluding hydrogens is 136 g/mol. The normalized spacial score (nSPS) is 17.7. The molecule has 2 heteroatoms. The molecule has 0 spiro atoms. The molecule has 0 aromatic rings. The summed E-state index contributed by atoms with van der Waals surface area (Å²) in [7, 11) is 0. The quantitative estimate of drug-likeness (QED) is 0.561. The highest BCUT2D eigenvalue weighted by Gasteiger charge is 2.17. The van der Waals surface area contributed by atoms with Gasteiger partial charge in [-0.15, -0.1) is 0 Å². The fourth-order valence-electron chi connectivity index (χ4n) is 0.804. The van der Waals surface area contributed by atoms with E-state index in [4.69, 9.17) is 0 Å². The van der Waals surface area contributed by atoms with Gasteiger partial charge in [0.2, 0.25) is 0 Å². The van der Waals surface area contributed by atoms with Crippen molar-refractivity contribution >= 4 is 5.71 Å². The van der Waals surface area contributed by atoms with E-state index in [0.717, 1.165) is 11.4 Å². The monoisotopic (exact) mass is 150 g/mol. The van der Waals surface area contributed by atoms with Gasteiger partial charge in [-0.25, -0.2) is 0 Å². The number of nitrogens with zero attached hydrogens (tertiary/aromatic N) is 1. The van der Waals surface area contributed by atoms with Crippen LogP contribution in [0.25, 0.3) is 0 Å². The Bertz CT molecular complexity index is 228. The number of hydrogen-bond donors (Lipinski definition) is 1. The third-order valence-electron chi connectivity index (χ3n) is 1.53. The first-order valence-electron chi connectivity index (χ1n) is 3.71. The highest BCUT2D eigenvalue weighted by atomic mass is 15.3. The molecule has 1 rings (SSSR count). The maximum absolute atomic E-state index is 4.16. The molecule has 1 aliphatic rings. The van der Waals surface area contributed by atoms with Gasteiger partial charge in [0.25, 0.3) is 0 Å². The van der Waals surface area contributed by atoms with E-state index in [-0.39, 0.29) is 5.41 Å². The van der Waals surface area contributed by atoms with Crippen molar-refractivity contribution in [1.29, 1.82) is 0 Å². The maximum Gasteiger partial charge on any atom is 0.0661 e. The second-order valence-electron chi connectivity index (χ2n) is 3.72. The summed E-state index contributed by atoms with van der Waals surface area (Å²) in [5.74, 6) is 0. The molecule has 1 N–H and O–H groups in total. The van der Waals surface area contributed by atoms with Gasteiger partial charge in [-0.3, -0.25) is 5.43 Å². The van der Waals surface area contributed by atoms with Crippen LogP contribution in [0.5, 0.6) is 0 Å². The summed E-state index contributed by atoms with van der Waals surface area (Å²) in [6.07, 6.45) is 3.94. The van der Waals surface area contributed by atoms with Crippen molar-refractivity contribution in [3.8, 4) is 0 Å². The SMILES string of the molecule is C=C1C=CC(C(C)(C)C)=NN1. The Morgan fingerprint density at radius 3 is 2.36 bits per heavy atom. The molecular formula is C9H14N2. The molecule has 0 unspecified atom stereocenters. The topological polar surface area (TPSA) is 24.4 Å². The van der Waals surface area contributed by atoms with Gasteiger partial charge in [0.15, 0.2) is 0 Å². The molecule has 0 aliphatic carbocycles. The smallest absolute Gasteiger partial charge is 0.0661 e. The molecule has 1 aliphatic heterocycles. The van der Waals surface area contributed by atoms with Gasteiger partial charge in [0, 0.05) is 11.1 Å². The van der Waals surface area contributed by atoms with E-state index in [1.165, 1.54) is 0 Å². The maximum atomic E-state index is 4.16. The molecule has 0 saturated carbocycles. The van der Waals surface area contributed by atoms with Gasteiger partial charge in [0.05, 0.1) is 5.71 Å². The fourth-order valence-corrected chi connectivity index (χ4v) is 0.804. The summed E-state index contributed by atoms with van der Waals surface area (Å²) in [6, 6.07) is 0. The zero-order valence-corrected chi connectivity index (χ0v) is 7.31. The molecule has 0 aromatic heterocycles. The second kappa shape index (κ2) is 2.53. The molecule has 11 heavy (non-hydrogen) atoms.